The summed E-state index contributed by atoms with van der Waals surface area (Å²) in [7, 11) is 1.66. The molecule has 2 aliphatic carbocycles. The van der Waals surface area contributed by atoms with Gasteiger partial charge < -0.3 is 5.32 Å². The first-order valence-electron chi connectivity index (χ1n) is 5.08. The van der Waals surface area contributed by atoms with Gasteiger partial charge in [-0.25, -0.2) is 0 Å². The number of nitrogens with one attached hydrogen (secondary N) is 1. The maximum atomic E-state index is 11.3. The molecular weight excluding hydrogens is 186 g/mol. The standard InChI is InChI=1S/C10H16ClNO/c1-12-10(13)9(11)8-5-6-2-3-7(8)4-6/h6-9H,2-5H2,1H3,(H,12,13). The summed E-state index contributed by atoms with van der Waals surface area (Å²) in [5.74, 6) is 2.03. The molecule has 2 aliphatic rings. The summed E-state index contributed by atoms with van der Waals surface area (Å²) in [5.41, 5.74) is 0. The zero-order chi connectivity index (χ0) is 9.42. The van der Waals surface area contributed by atoms with E-state index in [0.29, 0.717) is 5.92 Å². The maximum Gasteiger partial charge on any atom is 0.238 e. The van der Waals surface area contributed by atoms with Crippen LogP contribution in [0.2, 0.25) is 0 Å². The monoisotopic (exact) mass is 201 g/mol. The molecule has 4 unspecified atom stereocenters. The summed E-state index contributed by atoms with van der Waals surface area (Å²) in [5, 5.41) is 2.34. The molecule has 2 rings (SSSR count). The summed E-state index contributed by atoms with van der Waals surface area (Å²) in [6, 6.07) is 0. The van der Waals surface area contributed by atoms with E-state index >= 15 is 0 Å². The van der Waals surface area contributed by atoms with Crippen molar-refractivity contribution < 1.29 is 4.79 Å². The molecule has 74 valence electrons. The summed E-state index contributed by atoms with van der Waals surface area (Å²) in [6.45, 7) is 0. The van der Waals surface area contributed by atoms with E-state index in [1.807, 2.05) is 0 Å². The van der Waals surface area contributed by atoms with Gasteiger partial charge in [-0.1, -0.05) is 6.42 Å². The van der Waals surface area contributed by atoms with Crippen molar-refractivity contribution in [2.45, 2.75) is 31.1 Å². The lowest BCUT2D eigenvalue weighted by Gasteiger charge is -2.24. The molecule has 0 spiro atoms. The molecule has 0 aliphatic heterocycles. The van der Waals surface area contributed by atoms with Crippen molar-refractivity contribution in [3.8, 4) is 0 Å². The summed E-state index contributed by atoms with van der Waals surface area (Å²) in [6.07, 6.45) is 5.13. The van der Waals surface area contributed by atoms with E-state index in [2.05, 4.69) is 5.32 Å². The Morgan fingerprint density at radius 1 is 1.46 bits per heavy atom. The van der Waals surface area contributed by atoms with Gasteiger partial charge in [0.05, 0.1) is 0 Å². The molecule has 0 aromatic rings. The van der Waals surface area contributed by atoms with E-state index in [4.69, 9.17) is 11.6 Å². The summed E-state index contributed by atoms with van der Waals surface area (Å²) >= 11 is 6.12. The van der Waals surface area contributed by atoms with Crippen molar-refractivity contribution in [2.24, 2.45) is 17.8 Å². The van der Waals surface area contributed by atoms with E-state index in [1.54, 1.807) is 7.05 Å². The van der Waals surface area contributed by atoms with Crippen molar-refractivity contribution in [1.82, 2.24) is 5.32 Å². The van der Waals surface area contributed by atoms with Crippen molar-refractivity contribution in [1.29, 1.82) is 0 Å². The van der Waals surface area contributed by atoms with E-state index in [-0.39, 0.29) is 11.3 Å². The average molecular weight is 202 g/mol. The van der Waals surface area contributed by atoms with E-state index in [1.165, 1.54) is 25.7 Å². The van der Waals surface area contributed by atoms with Crippen molar-refractivity contribution in [2.75, 3.05) is 7.05 Å². The average Bonchev–Trinajstić information content (AvgIpc) is 2.76. The lowest BCUT2D eigenvalue weighted by molar-refractivity contribution is -0.121. The van der Waals surface area contributed by atoms with Crippen LogP contribution in [0.4, 0.5) is 0 Å². The predicted molar refractivity (Wildman–Crippen MR) is 52.6 cm³/mol. The fourth-order valence-electron chi connectivity index (χ4n) is 2.98. The Balaban J connectivity index is 1.98. The molecule has 0 heterocycles. The Labute approximate surface area is 84.0 Å². The van der Waals surface area contributed by atoms with Crippen LogP contribution in [0, 0.1) is 17.8 Å². The number of hydrogen-bond acceptors (Lipinski definition) is 1. The van der Waals surface area contributed by atoms with Crippen LogP contribution in [0.15, 0.2) is 0 Å². The van der Waals surface area contributed by atoms with Crippen LogP contribution in [0.1, 0.15) is 25.7 Å². The highest BCUT2D eigenvalue weighted by Crippen LogP contribution is 2.50. The largest absolute Gasteiger partial charge is 0.358 e. The second-order valence-electron chi connectivity index (χ2n) is 4.35. The lowest BCUT2D eigenvalue weighted by atomic mass is 9.86. The molecule has 0 saturated heterocycles. The first kappa shape index (κ1) is 9.32. The molecule has 13 heavy (non-hydrogen) atoms. The molecule has 2 nitrogen and oxygen atoms in total. The van der Waals surface area contributed by atoms with Gasteiger partial charge >= 0.3 is 0 Å². The normalized spacial score (nSPS) is 39.1. The minimum absolute atomic E-state index is 0.000725. The zero-order valence-corrected chi connectivity index (χ0v) is 8.68. The zero-order valence-electron chi connectivity index (χ0n) is 7.92. The fourth-order valence-corrected chi connectivity index (χ4v) is 3.40. The number of carbonyl (C=O) groups is 1. The molecular formula is C10H16ClNO. The van der Waals surface area contributed by atoms with Crippen molar-refractivity contribution in [3.63, 3.8) is 0 Å². The quantitative estimate of drug-likeness (QED) is 0.678. The lowest BCUT2D eigenvalue weighted by Crippen LogP contribution is -2.35. The minimum atomic E-state index is -0.291. The highest BCUT2D eigenvalue weighted by Gasteiger charge is 2.44. The first-order valence-corrected chi connectivity index (χ1v) is 5.51. The molecule has 4 atom stereocenters. The van der Waals surface area contributed by atoms with Gasteiger partial charge in [0.1, 0.15) is 5.38 Å². The molecule has 1 amide bonds. The molecule has 2 bridgehead atoms. The summed E-state index contributed by atoms with van der Waals surface area (Å²) < 4.78 is 0. The molecule has 0 aromatic carbocycles. The highest BCUT2D eigenvalue weighted by molar-refractivity contribution is 6.31. The maximum absolute atomic E-state index is 11.3. The van der Waals surface area contributed by atoms with Crippen LogP contribution < -0.4 is 5.32 Å². The third-order valence-electron chi connectivity index (χ3n) is 3.67. The number of rotatable bonds is 2. The molecule has 0 aromatic heterocycles. The van der Waals surface area contributed by atoms with Crippen LogP contribution in [-0.2, 0) is 4.79 Å². The number of halogens is 1. The fraction of sp³-hybridized carbons (Fsp3) is 0.900. The van der Waals surface area contributed by atoms with Gasteiger partial charge in [-0.05, 0) is 37.0 Å². The van der Waals surface area contributed by atoms with E-state index in [0.717, 1.165) is 11.8 Å². The van der Waals surface area contributed by atoms with Gasteiger partial charge in [0, 0.05) is 7.05 Å². The number of alkyl halides is 1. The second-order valence-corrected chi connectivity index (χ2v) is 4.82. The van der Waals surface area contributed by atoms with Crippen molar-refractivity contribution >= 4 is 17.5 Å². The molecule has 1 N–H and O–H groups in total. The molecule has 2 saturated carbocycles. The van der Waals surface area contributed by atoms with Crippen LogP contribution in [0.25, 0.3) is 0 Å². The topological polar surface area (TPSA) is 29.1 Å². The van der Waals surface area contributed by atoms with Gasteiger partial charge in [0.15, 0.2) is 0 Å². The Bertz CT molecular complexity index is 219. The molecule has 0 radical (unpaired) electrons. The molecule has 2 fully saturated rings. The number of carbonyl (C=O) groups excluding carboxylic acids is 1. The second kappa shape index (κ2) is 3.49. The smallest absolute Gasteiger partial charge is 0.238 e. The Hall–Kier alpha value is -0.240. The number of fused-ring (bicyclic) bond motifs is 2. The van der Waals surface area contributed by atoms with Gasteiger partial charge in [0.25, 0.3) is 0 Å². The molecule has 3 heteroatoms. The van der Waals surface area contributed by atoms with Crippen LogP contribution in [0.3, 0.4) is 0 Å². The minimum Gasteiger partial charge on any atom is -0.358 e. The summed E-state index contributed by atoms with van der Waals surface area (Å²) in [4.78, 5) is 11.3. The van der Waals surface area contributed by atoms with E-state index < -0.39 is 0 Å². The van der Waals surface area contributed by atoms with Gasteiger partial charge in [-0.3, -0.25) is 4.79 Å². The predicted octanol–water partition coefficient (Wildman–Crippen LogP) is 1.78. The van der Waals surface area contributed by atoms with Crippen LogP contribution in [0.5, 0.6) is 0 Å². The SMILES string of the molecule is CNC(=O)C(Cl)C1CC2CCC1C2. The van der Waals surface area contributed by atoms with Gasteiger partial charge in [0.2, 0.25) is 5.91 Å². The van der Waals surface area contributed by atoms with Gasteiger partial charge in [-0.15, -0.1) is 11.6 Å². The first-order chi connectivity index (χ1) is 6.22. The van der Waals surface area contributed by atoms with Crippen molar-refractivity contribution in [3.05, 3.63) is 0 Å². The van der Waals surface area contributed by atoms with Gasteiger partial charge in [-0.2, -0.15) is 0 Å². The number of hydrogen-bond donors (Lipinski definition) is 1. The Morgan fingerprint density at radius 3 is 2.69 bits per heavy atom. The highest BCUT2D eigenvalue weighted by atomic mass is 35.5. The Morgan fingerprint density at radius 2 is 2.23 bits per heavy atom. The third kappa shape index (κ3) is 1.56. The number of amides is 1. The Kier molecular flexibility index (Phi) is 2.50. The van der Waals surface area contributed by atoms with Crippen LogP contribution >= 0.6 is 11.6 Å². The van der Waals surface area contributed by atoms with Crippen LogP contribution in [-0.4, -0.2) is 18.3 Å². The van der Waals surface area contributed by atoms with E-state index in [9.17, 15) is 4.79 Å². The third-order valence-corrected chi connectivity index (χ3v) is 4.19.